The molecule has 1 N–H and O–H groups in total. The van der Waals surface area contributed by atoms with Gasteiger partial charge in [-0.05, 0) is 13.0 Å². The smallest absolute Gasteiger partial charge is 0.110 e. The molecule has 0 aliphatic rings. The first-order valence-electron chi connectivity index (χ1n) is 6.68. The van der Waals surface area contributed by atoms with Crippen molar-refractivity contribution in [3.63, 3.8) is 0 Å². The lowest BCUT2D eigenvalue weighted by molar-refractivity contribution is 0.487. The Morgan fingerprint density at radius 1 is 1.35 bits per heavy atom. The SMILES string of the molecule is CCCCC(NCC)c1nc(C(C)(C)C)cs1. The minimum Gasteiger partial charge on any atom is -0.308 e. The second-order valence-electron chi connectivity index (χ2n) is 5.57. The largest absolute Gasteiger partial charge is 0.308 e. The van der Waals surface area contributed by atoms with Crippen LogP contribution in [0.5, 0.6) is 0 Å². The third kappa shape index (κ3) is 4.40. The number of aromatic nitrogens is 1. The maximum absolute atomic E-state index is 4.81. The predicted octanol–water partition coefficient (Wildman–Crippen LogP) is 4.28. The van der Waals surface area contributed by atoms with E-state index in [0.717, 1.165) is 6.54 Å². The summed E-state index contributed by atoms with van der Waals surface area (Å²) in [5.74, 6) is 0. The number of rotatable bonds is 6. The van der Waals surface area contributed by atoms with Crippen molar-refractivity contribution in [3.8, 4) is 0 Å². The number of nitrogens with zero attached hydrogens (tertiary/aromatic N) is 1. The summed E-state index contributed by atoms with van der Waals surface area (Å²) in [5, 5.41) is 7.02. The minimum atomic E-state index is 0.163. The molecule has 0 fully saturated rings. The van der Waals surface area contributed by atoms with Crippen molar-refractivity contribution in [2.24, 2.45) is 0 Å². The van der Waals surface area contributed by atoms with Gasteiger partial charge in [-0.1, -0.05) is 47.5 Å². The third-order valence-electron chi connectivity index (χ3n) is 2.89. The van der Waals surface area contributed by atoms with E-state index in [0.29, 0.717) is 6.04 Å². The summed E-state index contributed by atoms with van der Waals surface area (Å²) >= 11 is 1.80. The van der Waals surface area contributed by atoms with Gasteiger partial charge in [0.05, 0.1) is 11.7 Å². The maximum atomic E-state index is 4.81. The van der Waals surface area contributed by atoms with E-state index in [2.05, 4.69) is 45.3 Å². The molecule has 1 atom stereocenters. The Labute approximate surface area is 110 Å². The summed E-state index contributed by atoms with van der Waals surface area (Å²) in [7, 11) is 0. The van der Waals surface area contributed by atoms with Crippen LogP contribution in [0.3, 0.4) is 0 Å². The zero-order valence-corrected chi connectivity index (χ0v) is 12.7. The van der Waals surface area contributed by atoms with Gasteiger partial charge >= 0.3 is 0 Å². The molecule has 1 rings (SSSR count). The molecule has 0 aromatic carbocycles. The second kappa shape index (κ2) is 6.50. The van der Waals surface area contributed by atoms with E-state index in [4.69, 9.17) is 4.98 Å². The van der Waals surface area contributed by atoms with E-state index in [-0.39, 0.29) is 5.41 Å². The lowest BCUT2D eigenvalue weighted by atomic mass is 9.93. The van der Waals surface area contributed by atoms with Crippen molar-refractivity contribution in [2.45, 2.75) is 65.3 Å². The van der Waals surface area contributed by atoms with Gasteiger partial charge in [0.25, 0.3) is 0 Å². The molecule has 0 aliphatic carbocycles. The number of thiazole rings is 1. The minimum absolute atomic E-state index is 0.163. The highest BCUT2D eigenvalue weighted by atomic mass is 32.1. The number of hydrogen-bond donors (Lipinski definition) is 1. The standard InChI is InChI=1S/C14H26N2S/c1-6-8-9-11(15-7-2)13-16-12(10-17-13)14(3,4)5/h10-11,15H,6-9H2,1-5H3. The van der Waals surface area contributed by atoms with Crippen molar-refractivity contribution >= 4 is 11.3 Å². The van der Waals surface area contributed by atoms with Gasteiger partial charge in [0.2, 0.25) is 0 Å². The first kappa shape index (κ1) is 14.7. The Balaban J connectivity index is 2.76. The van der Waals surface area contributed by atoms with Gasteiger partial charge < -0.3 is 5.32 Å². The van der Waals surface area contributed by atoms with Crippen LogP contribution in [0.4, 0.5) is 0 Å². The fourth-order valence-corrected chi connectivity index (χ4v) is 2.91. The van der Waals surface area contributed by atoms with Crippen LogP contribution in [-0.4, -0.2) is 11.5 Å². The quantitative estimate of drug-likeness (QED) is 0.819. The maximum Gasteiger partial charge on any atom is 0.110 e. The molecule has 0 spiro atoms. The van der Waals surface area contributed by atoms with Crippen LogP contribution in [0.25, 0.3) is 0 Å². The predicted molar refractivity (Wildman–Crippen MR) is 76.8 cm³/mol. The fourth-order valence-electron chi connectivity index (χ4n) is 1.76. The number of nitrogens with one attached hydrogen (secondary N) is 1. The summed E-state index contributed by atoms with van der Waals surface area (Å²) in [6.45, 7) is 12.1. The molecule has 3 heteroatoms. The Bertz CT molecular complexity index is 325. The zero-order valence-electron chi connectivity index (χ0n) is 11.8. The van der Waals surface area contributed by atoms with Gasteiger partial charge in [-0.15, -0.1) is 11.3 Å². The molecule has 1 unspecified atom stereocenters. The third-order valence-corrected chi connectivity index (χ3v) is 3.84. The Kier molecular flexibility index (Phi) is 5.60. The van der Waals surface area contributed by atoms with E-state index >= 15 is 0 Å². The Morgan fingerprint density at radius 2 is 2.06 bits per heavy atom. The Hall–Kier alpha value is -0.410. The van der Waals surface area contributed by atoms with Gasteiger partial charge in [0, 0.05) is 10.8 Å². The summed E-state index contributed by atoms with van der Waals surface area (Å²) in [6.07, 6.45) is 3.71. The van der Waals surface area contributed by atoms with Crippen LogP contribution < -0.4 is 5.32 Å². The first-order valence-corrected chi connectivity index (χ1v) is 7.56. The fraction of sp³-hybridized carbons (Fsp3) is 0.786. The van der Waals surface area contributed by atoms with Crippen LogP contribution in [0.15, 0.2) is 5.38 Å². The summed E-state index contributed by atoms with van der Waals surface area (Å²) in [5.41, 5.74) is 1.38. The molecule has 1 heterocycles. The van der Waals surface area contributed by atoms with Crippen LogP contribution in [0.2, 0.25) is 0 Å². The summed E-state index contributed by atoms with van der Waals surface area (Å²) in [4.78, 5) is 4.81. The molecule has 0 radical (unpaired) electrons. The van der Waals surface area contributed by atoms with E-state index in [1.165, 1.54) is 30.0 Å². The summed E-state index contributed by atoms with van der Waals surface area (Å²) < 4.78 is 0. The average molecular weight is 254 g/mol. The van der Waals surface area contributed by atoms with E-state index in [1.807, 2.05) is 0 Å². The van der Waals surface area contributed by atoms with Crippen molar-refractivity contribution in [3.05, 3.63) is 16.1 Å². The van der Waals surface area contributed by atoms with E-state index in [1.54, 1.807) is 11.3 Å². The van der Waals surface area contributed by atoms with E-state index < -0.39 is 0 Å². The van der Waals surface area contributed by atoms with Crippen LogP contribution in [0, 0.1) is 0 Å². The normalized spacial score (nSPS) is 13.9. The molecule has 0 saturated heterocycles. The highest BCUT2D eigenvalue weighted by Gasteiger charge is 2.20. The van der Waals surface area contributed by atoms with Crippen molar-refractivity contribution in [1.82, 2.24) is 10.3 Å². The van der Waals surface area contributed by atoms with Crippen molar-refractivity contribution < 1.29 is 0 Å². The Morgan fingerprint density at radius 3 is 2.53 bits per heavy atom. The number of unbranched alkanes of at least 4 members (excludes halogenated alkanes) is 1. The summed E-state index contributed by atoms with van der Waals surface area (Å²) in [6, 6.07) is 0.445. The average Bonchev–Trinajstić information content (AvgIpc) is 2.72. The molecular weight excluding hydrogens is 228 g/mol. The molecule has 0 saturated carbocycles. The zero-order chi connectivity index (χ0) is 12.9. The topological polar surface area (TPSA) is 24.9 Å². The molecule has 98 valence electrons. The lowest BCUT2D eigenvalue weighted by Crippen LogP contribution is -2.21. The molecule has 17 heavy (non-hydrogen) atoms. The van der Waals surface area contributed by atoms with Gasteiger partial charge in [-0.2, -0.15) is 0 Å². The molecule has 1 aromatic heterocycles. The molecule has 0 amide bonds. The van der Waals surface area contributed by atoms with Gasteiger partial charge in [0.15, 0.2) is 0 Å². The van der Waals surface area contributed by atoms with E-state index in [9.17, 15) is 0 Å². The molecule has 2 nitrogen and oxygen atoms in total. The lowest BCUT2D eigenvalue weighted by Gasteiger charge is -2.17. The second-order valence-corrected chi connectivity index (χ2v) is 6.46. The monoisotopic (exact) mass is 254 g/mol. The first-order chi connectivity index (χ1) is 7.99. The molecule has 0 bridgehead atoms. The molecular formula is C14H26N2S. The highest BCUT2D eigenvalue weighted by Crippen LogP contribution is 2.28. The molecule has 0 aliphatic heterocycles. The van der Waals surface area contributed by atoms with Gasteiger partial charge in [-0.25, -0.2) is 4.98 Å². The van der Waals surface area contributed by atoms with Crippen molar-refractivity contribution in [2.75, 3.05) is 6.54 Å². The van der Waals surface area contributed by atoms with Crippen LogP contribution in [-0.2, 0) is 5.41 Å². The highest BCUT2D eigenvalue weighted by molar-refractivity contribution is 7.09. The molecule has 1 aromatic rings. The van der Waals surface area contributed by atoms with Crippen LogP contribution in [0.1, 0.15) is 70.6 Å². The van der Waals surface area contributed by atoms with Gasteiger partial charge in [-0.3, -0.25) is 0 Å². The van der Waals surface area contributed by atoms with Gasteiger partial charge in [0.1, 0.15) is 5.01 Å². The van der Waals surface area contributed by atoms with Crippen molar-refractivity contribution in [1.29, 1.82) is 0 Å². The number of hydrogen-bond acceptors (Lipinski definition) is 3. The van der Waals surface area contributed by atoms with Crippen LogP contribution >= 0.6 is 11.3 Å².